The number of anilines is 1. The number of thiazole rings is 1. The van der Waals surface area contributed by atoms with Crippen LogP contribution in [0.1, 0.15) is 5.01 Å². The van der Waals surface area contributed by atoms with Crippen molar-refractivity contribution in [2.75, 3.05) is 5.73 Å². The maximum Gasteiger partial charge on any atom is 0.226 e. The van der Waals surface area contributed by atoms with E-state index in [4.69, 9.17) is 17.3 Å². The number of nitrogens with zero attached hydrogens (tertiary/aromatic N) is 5. The van der Waals surface area contributed by atoms with Gasteiger partial charge in [0.05, 0.1) is 23.1 Å². The average molecular weight is 317 g/mol. The number of rotatable bonds is 2. The van der Waals surface area contributed by atoms with Gasteiger partial charge in [-0.3, -0.25) is 0 Å². The number of hydrogen-bond acceptors (Lipinski definition) is 6. The summed E-state index contributed by atoms with van der Waals surface area (Å²) >= 11 is 7.51. The number of benzene rings is 1. The molecule has 1 aromatic carbocycles. The molecule has 3 aromatic heterocycles. The van der Waals surface area contributed by atoms with Gasteiger partial charge in [0.25, 0.3) is 0 Å². The van der Waals surface area contributed by atoms with E-state index in [-0.39, 0.29) is 11.1 Å². The van der Waals surface area contributed by atoms with Crippen molar-refractivity contribution >= 4 is 50.1 Å². The molecule has 0 spiro atoms. The number of fused-ring (bicyclic) bond motifs is 2. The molecule has 4 aromatic rings. The molecule has 0 bridgehead atoms. The predicted octanol–water partition coefficient (Wildman–Crippen LogP) is 2.72. The molecule has 0 saturated heterocycles. The normalized spacial score (nSPS) is 11.5. The Morgan fingerprint density at radius 2 is 2.05 bits per heavy atom. The monoisotopic (exact) mass is 316 g/mol. The van der Waals surface area contributed by atoms with E-state index >= 15 is 0 Å². The molecule has 0 unspecified atom stereocenters. The summed E-state index contributed by atoms with van der Waals surface area (Å²) < 4.78 is 3.03. The molecule has 0 aliphatic heterocycles. The van der Waals surface area contributed by atoms with Crippen molar-refractivity contribution in [3.63, 3.8) is 0 Å². The van der Waals surface area contributed by atoms with Gasteiger partial charge in [0, 0.05) is 0 Å². The molecule has 0 aliphatic rings. The second-order valence-electron chi connectivity index (χ2n) is 4.50. The van der Waals surface area contributed by atoms with E-state index in [0.29, 0.717) is 17.7 Å². The van der Waals surface area contributed by atoms with E-state index in [1.54, 1.807) is 17.7 Å². The summed E-state index contributed by atoms with van der Waals surface area (Å²) in [4.78, 5) is 16.9. The SMILES string of the molecule is Nc1nc(Cl)nc2c1ncn2Cc1nc2ccccc2s1. The number of aromatic nitrogens is 5. The Morgan fingerprint density at radius 1 is 1.19 bits per heavy atom. The van der Waals surface area contributed by atoms with Gasteiger partial charge in [0.15, 0.2) is 11.5 Å². The summed E-state index contributed by atoms with van der Waals surface area (Å²) in [5.74, 6) is 0.285. The molecule has 104 valence electrons. The summed E-state index contributed by atoms with van der Waals surface area (Å²) in [5.41, 5.74) is 7.97. The minimum atomic E-state index is 0.117. The van der Waals surface area contributed by atoms with Gasteiger partial charge in [-0.1, -0.05) is 12.1 Å². The van der Waals surface area contributed by atoms with E-state index in [1.807, 2.05) is 22.8 Å². The number of hydrogen-bond donors (Lipinski definition) is 1. The molecular formula is C13H9ClN6S. The van der Waals surface area contributed by atoms with Crippen molar-refractivity contribution in [2.24, 2.45) is 0 Å². The molecule has 3 heterocycles. The second kappa shape index (κ2) is 4.64. The highest BCUT2D eigenvalue weighted by molar-refractivity contribution is 7.18. The molecular weight excluding hydrogens is 308 g/mol. The maximum atomic E-state index is 5.86. The molecule has 21 heavy (non-hydrogen) atoms. The quantitative estimate of drug-likeness (QED) is 0.575. The van der Waals surface area contributed by atoms with Crippen LogP contribution in [0.2, 0.25) is 5.28 Å². The predicted molar refractivity (Wildman–Crippen MR) is 83.5 cm³/mol. The Bertz CT molecular complexity index is 927. The van der Waals surface area contributed by atoms with Crippen LogP contribution in [0.25, 0.3) is 21.4 Å². The van der Waals surface area contributed by atoms with Gasteiger partial charge >= 0.3 is 0 Å². The van der Waals surface area contributed by atoms with Crippen molar-refractivity contribution in [1.82, 2.24) is 24.5 Å². The van der Waals surface area contributed by atoms with Gasteiger partial charge in [-0.15, -0.1) is 11.3 Å². The minimum absolute atomic E-state index is 0.117. The Labute approximate surface area is 128 Å². The number of nitrogen functional groups attached to an aromatic ring is 1. The molecule has 6 nitrogen and oxygen atoms in total. The summed E-state index contributed by atoms with van der Waals surface area (Å²) in [7, 11) is 0. The number of halogens is 1. The molecule has 0 saturated carbocycles. The zero-order valence-electron chi connectivity index (χ0n) is 10.7. The first-order chi connectivity index (χ1) is 10.2. The van der Waals surface area contributed by atoms with Crippen LogP contribution in [0.3, 0.4) is 0 Å². The standard InChI is InChI=1S/C13H9ClN6S/c14-13-18-11(15)10-12(19-13)20(6-16-10)5-9-17-7-3-1-2-4-8(7)21-9/h1-4,6H,5H2,(H2,15,18,19). The highest BCUT2D eigenvalue weighted by Crippen LogP contribution is 2.24. The molecule has 0 atom stereocenters. The molecule has 0 aliphatic carbocycles. The van der Waals surface area contributed by atoms with E-state index in [9.17, 15) is 0 Å². The van der Waals surface area contributed by atoms with Crippen molar-refractivity contribution in [3.8, 4) is 0 Å². The molecule has 0 amide bonds. The van der Waals surface area contributed by atoms with Crippen LogP contribution in [0.15, 0.2) is 30.6 Å². The van der Waals surface area contributed by atoms with E-state index < -0.39 is 0 Å². The van der Waals surface area contributed by atoms with Crippen LogP contribution < -0.4 is 5.73 Å². The van der Waals surface area contributed by atoms with E-state index in [0.717, 1.165) is 15.2 Å². The summed E-state index contributed by atoms with van der Waals surface area (Å²) in [5, 5.41) is 1.09. The number of imidazole rings is 1. The smallest absolute Gasteiger partial charge is 0.226 e. The zero-order chi connectivity index (χ0) is 14.4. The van der Waals surface area contributed by atoms with Crippen molar-refractivity contribution in [3.05, 3.63) is 40.9 Å². The summed E-state index contributed by atoms with van der Waals surface area (Å²) in [6.45, 7) is 0.572. The van der Waals surface area contributed by atoms with Crippen LogP contribution in [0.5, 0.6) is 0 Å². The van der Waals surface area contributed by atoms with Gasteiger partial charge < -0.3 is 10.3 Å². The first kappa shape index (κ1) is 12.5. The van der Waals surface area contributed by atoms with Gasteiger partial charge in [0.2, 0.25) is 5.28 Å². The van der Waals surface area contributed by atoms with Crippen molar-refractivity contribution in [2.45, 2.75) is 6.54 Å². The fourth-order valence-electron chi connectivity index (χ4n) is 2.19. The first-order valence-corrected chi connectivity index (χ1v) is 7.38. The van der Waals surface area contributed by atoms with Gasteiger partial charge in [-0.05, 0) is 23.7 Å². The molecule has 2 N–H and O–H groups in total. The topological polar surface area (TPSA) is 82.5 Å². The summed E-state index contributed by atoms with van der Waals surface area (Å²) in [6, 6.07) is 8.04. The third-order valence-corrected chi connectivity index (χ3v) is 4.30. The largest absolute Gasteiger partial charge is 0.382 e. The van der Waals surface area contributed by atoms with Crippen molar-refractivity contribution < 1.29 is 0 Å². The van der Waals surface area contributed by atoms with Gasteiger partial charge in [0.1, 0.15) is 10.5 Å². The van der Waals surface area contributed by atoms with Crippen LogP contribution in [0, 0.1) is 0 Å². The lowest BCUT2D eigenvalue weighted by Gasteiger charge is -2.01. The van der Waals surface area contributed by atoms with Gasteiger partial charge in [-0.2, -0.15) is 9.97 Å². The number of nitrogens with two attached hydrogens (primary N) is 1. The second-order valence-corrected chi connectivity index (χ2v) is 5.95. The van der Waals surface area contributed by atoms with Crippen molar-refractivity contribution in [1.29, 1.82) is 0 Å². The highest BCUT2D eigenvalue weighted by atomic mass is 35.5. The molecule has 8 heteroatoms. The fraction of sp³-hybridized carbons (Fsp3) is 0.0769. The zero-order valence-corrected chi connectivity index (χ0v) is 12.3. The van der Waals surface area contributed by atoms with Gasteiger partial charge in [-0.25, -0.2) is 9.97 Å². The lowest BCUT2D eigenvalue weighted by molar-refractivity contribution is 0.808. The Hall–Kier alpha value is -2.25. The maximum absolute atomic E-state index is 5.86. The first-order valence-electron chi connectivity index (χ1n) is 6.19. The Balaban J connectivity index is 1.80. The van der Waals surface area contributed by atoms with E-state index in [2.05, 4.69) is 26.0 Å². The average Bonchev–Trinajstić information content (AvgIpc) is 3.03. The van der Waals surface area contributed by atoms with Crippen LogP contribution in [-0.4, -0.2) is 24.5 Å². The lowest BCUT2D eigenvalue weighted by Crippen LogP contribution is -2.01. The Kier molecular flexibility index (Phi) is 2.76. The fourth-order valence-corrected chi connectivity index (χ4v) is 3.32. The van der Waals surface area contributed by atoms with E-state index in [1.165, 1.54) is 0 Å². The summed E-state index contributed by atoms with van der Waals surface area (Å²) in [6.07, 6.45) is 1.68. The van der Waals surface area contributed by atoms with Crippen LogP contribution >= 0.6 is 22.9 Å². The third kappa shape index (κ3) is 2.10. The number of para-hydroxylation sites is 1. The highest BCUT2D eigenvalue weighted by Gasteiger charge is 2.12. The lowest BCUT2D eigenvalue weighted by atomic mass is 10.3. The Morgan fingerprint density at radius 3 is 2.90 bits per heavy atom. The molecule has 4 rings (SSSR count). The third-order valence-electron chi connectivity index (χ3n) is 3.11. The minimum Gasteiger partial charge on any atom is -0.382 e. The van der Waals surface area contributed by atoms with Crippen LogP contribution in [-0.2, 0) is 6.54 Å². The molecule has 0 radical (unpaired) electrons. The van der Waals surface area contributed by atoms with Crippen LogP contribution in [0.4, 0.5) is 5.82 Å². The molecule has 0 fully saturated rings.